The van der Waals surface area contributed by atoms with Gasteiger partial charge in [0.25, 0.3) is 11.5 Å². The molecule has 0 saturated heterocycles. The van der Waals surface area contributed by atoms with Gasteiger partial charge in [0, 0.05) is 19.3 Å². The molecule has 4 aromatic rings. The van der Waals surface area contributed by atoms with E-state index in [2.05, 4.69) is 14.8 Å². The van der Waals surface area contributed by atoms with Gasteiger partial charge in [-0.15, -0.1) is 0 Å². The van der Waals surface area contributed by atoms with E-state index < -0.39 is 5.66 Å². The Hall–Kier alpha value is -5.17. The molecule has 1 amide bonds. The minimum Gasteiger partial charge on any atom is -0.497 e. The molecule has 2 aromatic heterocycles. The SMILES string of the molecule is [C-]#[N+]c1cc(N(Cc2ccc(OC)cc2)c2ccncn2)c(=O)n2c1C(=O)N(Cc1ccc(OC)cc1)C21CCCCC1. The summed E-state index contributed by atoms with van der Waals surface area (Å²) >= 11 is 0. The quantitative estimate of drug-likeness (QED) is 0.244. The van der Waals surface area contributed by atoms with Crippen molar-refractivity contribution in [3.8, 4) is 11.5 Å². The lowest BCUT2D eigenvalue weighted by Gasteiger charge is -2.43. The maximum absolute atomic E-state index is 14.7. The number of fused-ring (bicyclic) bond motifs is 2. The van der Waals surface area contributed by atoms with Crippen molar-refractivity contribution in [2.45, 2.75) is 50.9 Å². The van der Waals surface area contributed by atoms with E-state index in [0.29, 0.717) is 31.7 Å². The first-order valence-corrected chi connectivity index (χ1v) is 14.3. The van der Waals surface area contributed by atoms with Crippen molar-refractivity contribution in [3.63, 3.8) is 0 Å². The van der Waals surface area contributed by atoms with Crippen LogP contribution in [0, 0.1) is 6.57 Å². The highest BCUT2D eigenvalue weighted by atomic mass is 16.5. The Balaban J connectivity index is 1.51. The highest BCUT2D eigenvalue weighted by Gasteiger charge is 2.52. The van der Waals surface area contributed by atoms with Crippen LogP contribution in [0.4, 0.5) is 17.2 Å². The van der Waals surface area contributed by atoms with Gasteiger partial charge in [-0.05, 0) is 73.2 Å². The number of benzene rings is 2. The fourth-order valence-electron chi connectivity index (χ4n) is 6.30. The molecule has 1 fully saturated rings. The second kappa shape index (κ2) is 11.6. The highest BCUT2D eigenvalue weighted by Crippen LogP contribution is 2.46. The molecule has 218 valence electrons. The second-order valence-electron chi connectivity index (χ2n) is 10.8. The van der Waals surface area contributed by atoms with Gasteiger partial charge in [0.05, 0.1) is 26.5 Å². The summed E-state index contributed by atoms with van der Waals surface area (Å²) in [4.78, 5) is 44.8. The summed E-state index contributed by atoms with van der Waals surface area (Å²) in [5.74, 6) is 1.66. The van der Waals surface area contributed by atoms with E-state index in [0.717, 1.165) is 41.9 Å². The topological polar surface area (TPSA) is 94.2 Å². The molecule has 2 aromatic carbocycles. The van der Waals surface area contributed by atoms with Crippen molar-refractivity contribution in [1.82, 2.24) is 19.4 Å². The van der Waals surface area contributed by atoms with Crippen molar-refractivity contribution < 1.29 is 14.3 Å². The van der Waals surface area contributed by atoms with Crippen molar-refractivity contribution in [3.05, 3.63) is 112 Å². The molecule has 1 spiro atoms. The number of carbonyl (C=O) groups excluding carboxylic acids is 1. The summed E-state index contributed by atoms with van der Waals surface area (Å²) in [7, 11) is 3.22. The summed E-state index contributed by atoms with van der Waals surface area (Å²) in [5.41, 5.74) is 1.25. The van der Waals surface area contributed by atoms with Gasteiger partial charge in [0.1, 0.15) is 35.0 Å². The Labute approximate surface area is 250 Å². The fourth-order valence-corrected chi connectivity index (χ4v) is 6.30. The molecule has 3 heterocycles. The lowest BCUT2D eigenvalue weighted by atomic mass is 9.87. The zero-order chi connectivity index (χ0) is 30.0. The molecule has 0 radical (unpaired) electrons. The van der Waals surface area contributed by atoms with E-state index in [4.69, 9.17) is 16.0 Å². The van der Waals surface area contributed by atoms with Gasteiger partial charge in [-0.25, -0.2) is 14.8 Å². The van der Waals surface area contributed by atoms with Crippen molar-refractivity contribution in [1.29, 1.82) is 0 Å². The predicted octanol–water partition coefficient (Wildman–Crippen LogP) is 5.82. The standard InChI is InChI=1S/C33H32N6O4/c1-34-27-19-28(37(29-15-18-35-22-36-29)20-23-7-11-25(42-2)12-8-23)31(40)39-30(27)32(41)38(33(39)16-5-4-6-17-33)21-24-9-13-26(43-3)14-10-24/h7-15,18-19,22H,4-6,16-17,20-21H2,2-3H3. The average molecular weight is 577 g/mol. The number of anilines is 2. The van der Waals surface area contributed by atoms with Crippen LogP contribution in [0.1, 0.15) is 53.7 Å². The third-order valence-electron chi connectivity index (χ3n) is 8.44. The minimum atomic E-state index is -0.866. The molecule has 1 aliphatic carbocycles. The minimum absolute atomic E-state index is 0.149. The van der Waals surface area contributed by atoms with E-state index in [1.54, 1.807) is 35.9 Å². The molecule has 0 N–H and O–H groups in total. The number of pyridine rings is 1. The summed E-state index contributed by atoms with van der Waals surface area (Å²) in [5, 5.41) is 0. The molecule has 0 atom stereocenters. The molecule has 10 nitrogen and oxygen atoms in total. The number of rotatable bonds is 8. The average Bonchev–Trinajstić information content (AvgIpc) is 3.28. The van der Waals surface area contributed by atoms with E-state index in [9.17, 15) is 9.59 Å². The van der Waals surface area contributed by atoms with Crippen LogP contribution in [-0.2, 0) is 18.8 Å². The normalized spacial score (nSPS) is 15.2. The molecule has 2 aliphatic rings. The van der Waals surface area contributed by atoms with Gasteiger partial charge < -0.3 is 19.3 Å². The Morgan fingerprint density at radius 1 is 0.930 bits per heavy atom. The third kappa shape index (κ3) is 4.97. The number of aromatic nitrogens is 3. The van der Waals surface area contributed by atoms with Gasteiger partial charge in [-0.2, -0.15) is 0 Å². The van der Waals surface area contributed by atoms with Gasteiger partial charge in [-0.3, -0.25) is 14.2 Å². The molecule has 6 rings (SSSR count). The van der Waals surface area contributed by atoms with Gasteiger partial charge in [-0.1, -0.05) is 30.7 Å². The Bertz CT molecular complexity index is 1720. The largest absolute Gasteiger partial charge is 0.497 e. The van der Waals surface area contributed by atoms with E-state index in [1.807, 2.05) is 53.4 Å². The number of hydrogen-bond donors (Lipinski definition) is 0. The first-order valence-electron chi connectivity index (χ1n) is 14.3. The number of amides is 1. The number of methoxy groups -OCH3 is 2. The van der Waals surface area contributed by atoms with Crippen LogP contribution in [0.5, 0.6) is 11.5 Å². The summed E-state index contributed by atoms with van der Waals surface area (Å²) in [6, 6.07) is 18.4. The van der Waals surface area contributed by atoms with Crippen LogP contribution >= 0.6 is 0 Å². The number of ether oxygens (including phenoxy) is 2. The number of carbonyl (C=O) groups is 1. The van der Waals surface area contributed by atoms with E-state index in [1.165, 1.54) is 12.4 Å². The molecule has 10 heteroatoms. The maximum Gasteiger partial charge on any atom is 0.274 e. The summed E-state index contributed by atoms with van der Waals surface area (Å²) in [6.07, 6.45) is 7.08. The lowest BCUT2D eigenvalue weighted by molar-refractivity contribution is 0.00842. The molecule has 1 saturated carbocycles. The van der Waals surface area contributed by atoms with Crippen molar-refractivity contribution in [2.24, 2.45) is 0 Å². The highest BCUT2D eigenvalue weighted by molar-refractivity contribution is 6.01. The van der Waals surface area contributed by atoms with Crippen molar-refractivity contribution >= 4 is 23.1 Å². The van der Waals surface area contributed by atoms with Gasteiger partial charge in [0.2, 0.25) is 5.69 Å². The molecular weight excluding hydrogens is 544 g/mol. The number of hydrogen-bond acceptors (Lipinski definition) is 7. The first-order chi connectivity index (χ1) is 21.0. The van der Waals surface area contributed by atoms with Crippen molar-refractivity contribution in [2.75, 3.05) is 19.1 Å². The maximum atomic E-state index is 14.7. The molecular formula is C33H32N6O4. The molecule has 0 bridgehead atoms. The van der Waals surface area contributed by atoms with Crippen LogP contribution in [0.2, 0.25) is 0 Å². The number of nitrogens with zero attached hydrogens (tertiary/aromatic N) is 6. The Kier molecular flexibility index (Phi) is 7.55. The predicted molar refractivity (Wildman–Crippen MR) is 162 cm³/mol. The third-order valence-corrected chi connectivity index (χ3v) is 8.44. The molecule has 1 aliphatic heterocycles. The first kappa shape index (κ1) is 28.0. The van der Waals surface area contributed by atoms with Crippen LogP contribution < -0.4 is 19.9 Å². The summed E-state index contributed by atoms with van der Waals surface area (Å²) < 4.78 is 12.3. The molecule has 0 unspecified atom stereocenters. The van der Waals surface area contributed by atoms with Crippen LogP contribution in [0.15, 0.2) is 78.0 Å². The van der Waals surface area contributed by atoms with Gasteiger partial charge >= 0.3 is 0 Å². The fraction of sp³-hybridized carbons (Fsp3) is 0.303. The van der Waals surface area contributed by atoms with Crippen LogP contribution in [0.25, 0.3) is 4.85 Å². The second-order valence-corrected chi connectivity index (χ2v) is 10.8. The van der Waals surface area contributed by atoms with E-state index >= 15 is 0 Å². The lowest BCUT2D eigenvalue weighted by Crippen LogP contribution is -2.51. The van der Waals surface area contributed by atoms with E-state index in [-0.39, 0.29) is 28.5 Å². The summed E-state index contributed by atoms with van der Waals surface area (Å²) in [6.45, 7) is 8.71. The Morgan fingerprint density at radius 3 is 2.16 bits per heavy atom. The van der Waals surface area contributed by atoms with Crippen LogP contribution in [0.3, 0.4) is 0 Å². The van der Waals surface area contributed by atoms with Gasteiger partial charge in [0.15, 0.2) is 0 Å². The van der Waals surface area contributed by atoms with Crippen LogP contribution in [-0.4, -0.2) is 39.6 Å². The zero-order valence-electron chi connectivity index (χ0n) is 24.2. The zero-order valence-corrected chi connectivity index (χ0v) is 24.2. The smallest absolute Gasteiger partial charge is 0.274 e. The Morgan fingerprint density at radius 2 is 1.58 bits per heavy atom. The monoisotopic (exact) mass is 576 g/mol. The molecule has 43 heavy (non-hydrogen) atoms.